The second-order valence-electron chi connectivity index (χ2n) is 7.09. The second kappa shape index (κ2) is 7.75. The number of para-hydroxylation sites is 1. The maximum Gasteiger partial charge on any atom is 0.274 e. The second-order valence-corrected chi connectivity index (χ2v) is 7.50. The molecule has 0 radical (unpaired) electrons. The summed E-state index contributed by atoms with van der Waals surface area (Å²) in [5.74, 6) is 2.02. The van der Waals surface area contributed by atoms with Crippen LogP contribution in [0, 0.1) is 6.92 Å². The van der Waals surface area contributed by atoms with Crippen molar-refractivity contribution >= 4 is 17.5 Å². The molecule has 28 heavy (non-hydrogen) atoms. The van der Waals surface area contributed by atoms with Crippen LogP contribution in [-0.2, 0) is 6.42 Å². The standard InChI is InChI=1S/C20H23ClN6O/c1-3-18-22-19(24-23-18)14-8-10-26(11-9-14)20(28)16-12-13(2)27(25-16)17-7-5-4-6-15(17)21/h4-7,12,14H,3,8-11H2,1-2H3,(H,22,23,24). The van der Waals surface area contributed by atoms with Crippen LogP contribution in [-0.4, -0.2) is 48.9 Å². The number of halogens is 1. The van der Waals surface area contributed by atoms with Crippen molar-refractivity contribution in [2.75, 3.05) is 13.1 Å². The SMILES string of the molecule is CCc1nc(C2CCN(C(=O)c3cc(C)n(-c4ccccc4Cl)n3)CC2)n[nH]1. The predicted octanol–water partition coefficient (Wildman–Crippen LogP) is 3.53. The first kappa shape index (κ1) is 18.7. The Bertz CT molecular complexity index is 986. The fourth-order valence-corrected chi connectivity index (χ4v) is 3.82. The van der Waals surface area contributed by atoms with Crippen molar-refractivity contribution in [2.24, 2.45) is 0 Å². The number of aryl methyl sites for hydroxylation is 2. The number of nitrogens with one attached hydrogen (secondary N) is 1. The molecule has 0 saturated carbocycles. The van der Waals surface area contributed by atoms with Gasteiger partial charge in [0.2, 0.25) is 0 Å². The zero-order valence-electron chi connectivity index (χ0n) is 16.0. The molecule has 1 amide bonds. The number of aromatic amines is 1. The van der Waals surface area contributed by atoms with Gasteiger partial charge < -0.3 is 4.90 Å². The summed E-state index contributed by atoms with van der Waals surface area (Å²) in [6.45, 7) is 5.33. The number of hydrogen-bond acceptors (Lipinski definition) is 4. The fraction of sp³-hybridized carbons (Fsp3) is 0.400. The molecule has 1 N–H and O–H groups in total. The molecule has 1 saturated heterocycles. The molecular weight excluding hydrogens is 376 g/mol. The molecule has 1 fully saturated rings. The highest BCUT2D eigenvalue weighted by Gasteiger charge is 2.28. The number of carbonyl (C=O) groups is 1. The van der Waals surface area contributed by atoms with Crippen LogP contribution in [0.5, 0.6) is 0 Å². The van der Waals surface area contributed by atoms with Crippen molar-refractivity contribution in [3.8, 4) is 5.69 Å². The molecule has 7 nitrogen and oxygen atoms in total. The van der Waals surface area contributed by atoms with Gasteiger partial charge in [0.1, 0.15) is 5.82 Å². The number of benzene rings is 1. The van der Waals surface area contributed by atoms with Gasteiger partial charge in [0.15, 0.2) is 11.5 Å². The van der Waals surface area contributed by atoms with Crippen molar-refractivity contribution in [1.29, 1.82) is 0 Å². The molecule has 0 bridgehead atoms. The quantitative estimate of drug-likeness (QED) is 0.729. The molecule has 1 aliphatic rings. The molecule has 0 atom stereocenters. The molecule has 0 unspecified atom stereocenters. The van der Waals surface area contributed by atoms with Crippen molar-refractivity contribution in [3.05, 3.63) is 58.4 Å². The lowest BCUT2D eigenvalue weighted by molar-refractivity contribution is 0.0704. The molecule has 1 aromatic carbocycles. The first-order valence-corrected chi connectivity index (χ1v) is 9.96. The minimum atomic E-state index is -0.0448. The first-order chi connectivity index (χ1) is 13.6. The van der Waals surface area contributed by atoms with Crippen molar-refractivity contribution in [3.63, 3.8) is 0 Å². The highest BCUT2D eigenvalue weighted by molar-refractivity contribution is 6.32. The van der Waals surface area contributed by atoms with Gasteiger partial charge in [0.05, 0.1) is 10.7 Å². The number of H-pyrrole nitrogens is 1. The zero-order valence-corrected chi connectivity index (χ0v) is 16.8. The van der Waals surface area contributed by atoms with Crippen molar-refractivity contribution in [2.45, 2.75) is 39.0 Å². The van der Waals surface area contributed by atoms with E-state index in [1.54, 1.807) is 4.68 Å². The zero-order chi connectivity index (χ0) is 19.7. The Balaban J connectivity index is 1.46. The Morgan fingerprint density at radius 3 is 2.71 bits per heavy atom. The highest BCUT2D eigenvalue weighted by atomic mass is 35.5. The molecule has 3 heterocycles. The number of rotatable bonds is 4. The largest absolute Gasteiger partial charge is 0.337 e. The lowest BCUT2D eigenvalue weighted by Gasteiger charge is -2.30. The summed E-state index contributed by atoms with van der Waals surface area (Å²) < 4.78 is 1.72. The molecule has 3 aromatic rings. The number of nitrogens with zero attached hydrogens (tertiary/aromatic N) is 5. The maximum atomic E-state index is 13.0. The first-order valence-electron chi connectivity index (χ1n) is 9.58. The number of piperidine rings is 1. The average molecular weight is 399 g/mol. The smallest absolute Gasteiger partial charge is 0.274 e. The van der Waals surface area contributed by atoms with Gasteiger partial charge in [-0.3, -0.25) is 9.89 Å². The highest BCUT2D eigenvalue weighted by Crippen LogP contribution is 2.27. The number of aromatic nitrogens is 5. The Kier molecular flexibility index (Phi) is 5.17. The van der Waals surface area contributed by atoms with Crippen LogP contribution < -0.4 is 0 Å². The Hall–Kier alpha value is -2.67. The van der Waals surface area contributed by atoms with Gasteiger partial charge in [-0.15, -0.1) is 0 Å². The Labute approximate surface area is 168 Å². The van der Waals surface area contributed by atoms with E-state index < -0.39 is 0 Å². The Morgan fingerprint density at radius 1 is 1.29 bits per heavy atom. The van der Waals surface area contributed by atoms with E-state index in [-0.39, 0.29) is 5.91 Å². The van der Waals surface area contributed by atoms with Gasteiger partial charge >= 0.3 is 0 Å². The minimum absolute atomic E-state index is 0.0448. The molecule has 2 aromatic heterocycles. The average Bonchev–Trinajstić information content (AvgIpc) is 3.35. The lowest BCUT2D eigenvalue weighted by atomic mass is 9.96. The monoisotopic (exact) mass is 398 g/mol. The van der Waals surface area contributed by atoms with Crippen molar-refractivity contribution < 1.29 is 4.79 Å². The third-order valence-electron chi connectivity index (χ3n) is 5.22. The van der Waals surface area contributed by atoms with E-state index in [2.05, 4.69) is 27.2 Å². The molecule has 0 aliphatic carbocycles. The van der Waals surface area contributed by atoms with Crippen LogP contribution in [0.1, 0.15) is 53.5 Å². The van der Waals surface area contributed by atoms with Gasteiger partial charge in [-0.05, 0) is 38.0 Å². The van der Waals surface area contributed by atoms with Gasteiger partial charge in [-0.25, -0.2) is 9.67 Å². The van der Waals surface area contributed by atoms with E-state index in [4.69, 9.17) is 11.6 Å². The van der Waals surface area contributed by atoms with Gasteiger partial charge in [0, 0.05) is 31.1 Å². The number of carbonyl (C=O) groups excluding carboxylic acids is 1. The van der Waals surface area contributed by atoms with Crippen LogP contribution in [0.2, 0.25) is 5.02 Å². The van der Waals surface area contributed by atoms with E-state index in [0.717, 1.165) is 42.3 Å². The summed E-state index contributed by atoms with van der Waals surface area (Å²) in [6.07, 6.45) is 2.56. The summed E-state index contributed by atoms with van der Waals surface area (Å²) in [4.78, 5) is 19.4. The van der Waals surface area contributed by atoms with Crippen LogP contribution in [0.25, 0.3) is 5.69 Å². The normalized spacial score (nSPS) is 15.2. The van der Waals surface area contributed by atoms with Crippen molar-refractivity contribution in [1.82, 2.24) is 29.9 Å². The van der Waals surface area contributed by atoms with E-state index in [0.29, 0.717) is 29.7 Å². The summed E-state index contributed by atoms with van der Waals surface area (Å²) in [6, 6.07) is 9.31. The summed E-state index contributed by atoms with van der Waals surface area (Å²) in [5.41, 5.74) is 2.09. The lowest BCUT2D eigenvalue weighted by Crippen LogP contribution is -2.38. The summed E-state index contributed by atoms with van der Waals surface area (Å²) in [5, 5.41) is 12.4. The fourth-order valence-electron chi connectivity index (χ4n) is 3.60. The Morgan fingerprint density at radius 2 is 2.04 bits per heavy atom. The van der Waals surface area contributed by atoms with Crippen LogP contribution in [0.3, 0.4) is 0 Å². The molecule has 0 spiro atoms. The van der Waals surface area contributed by atoms with E-state index in [1.165, 1.54) is 0 Å². The molecule has 8 heteroatoms. The third-order valence-corrected chi connectivity index (χ3v) is 5.54. The molecule has 1 aliphatic heterocycles. The number of amides is 1. The van der Waals surface area contributed by atoms with Crippen LogP contribution >= 0.6 is 11.6 Å². The molecular formula is C20H23ClN6O. The molecule has 4 rings (SSSR count). The van der Waals surface area contributed by atoms with E-state index in [1.807, 2.05) is 42.2 Å². The number of hydrogen-bond donors (Lipinski definition) is 1. The number of likely N-dealkylation sites (tertiary alicyclic amines) is 1. The topological polar surface area (TPSA) is 79.7 Å². The van der Waals surface area contributed by atoms with E-state index >= 15 is 0 Å². The summed E-state index contributed by atoms with van der Waals surface area (Å²) in [7, 11) is 0. The van der Waals surface area contributed by atoms with Gasteiger partial charge in [-0.2, -0.15) is 10.2 Å². The predicted molar refractivity (Wildman–Crippen MR) is 107 cm³/mol. The molecule has 146 valence electrons. The minimum Gasteiger partial charge on any atom is -0.337 e. The third kappa shape index (κ3) is 3.54. The van der Waals surface area contributed by atoms with Gasteiger partial charge in [-0.1, -0.05) is 30.7 Å². The summed E-state index contributed by atoms with van der Waals surface area (Å²) >= 11 is 6.28. The maximum absolute atomic E-state index is 13.0. The van der Waals surface area contributed by atoms with E-state index in [9.17, 15) is 4.79 Å². The van der Waals surface area contributed by atoms with Gasteiger partial charge in [0.25, 0.3) is 5.91 Å². The van der Waals surface area contributed by atoms with Crippen LogP contribution in [0.15, 0.2) is 30.3 Å². The van der Waals surface area contributed by atoms with Crippen LogP contribution in [0.4, 0.5) is 0 Å².